The Morgan fingerprint density at radius 1 is 1.12 bits per heavy atom. The summed E-state index contributed by atoms with van der Waals surface area (Å²) in [5, 5.41) is 4.55. The molecule has 0 aliphatic heterocycles. The molecule has 0 aliphatic rings. The first-order valence-electron chi connectivity index (χ1n) is 7.38. The highest BCUT2D eigenvalue weighted by atomic mass is 32.2. The van der Waals surface area contributed by atoms with E-state index in [0.29, 0.717) is 0 Å². The molecule has 0 spiro atoms. The maximum atomic E-state index is 12.2. The molecular weight excluding hydrogens is 350 g/mol. The zero-order valence-corrected chi connectivity index (χ0v) is 15.0. The van der Waals surface area contributed by atoms with Crippen molar-refractivity contribution in [2.24, 2.45) is 0 Å². The largest absolute Gasteiger partial charge is 0.454 e. The number of hydrogen-bond acceptors (Lipinski definition) is 6. The molecule has 9 nitrogen and oxygen atoms in total. The fraction of sp³-hybridized carbons (Fsp3) is 0.400. The van der Waals surface area contributed by atoms with E-state index in [1.807, 2.05) is 6.92 Å². The minimum absolute atomic E-state index is 0.0149. The molecule has 1 atom stereocenters. The van der Waals surface area contributed by atoms with E-state index < -0.39 is 40.5 Å². The molecule has 0 saturated heterocycles. The van der Waals surface area contributed by atoms with Gasteiger partial charge in [0.2, 0.25) is 15.9 Å². The maximum Gasteiger partial charge on any atom is 0.324 e. The number of ether oxygens (including phenoxy) is 1. The second-order valence-corrected chi connectivity index (χ2v) is 6.93. The molecule has 0 aliphatic carbocycles. The Balaban J connectivity index is 2.52. The molecule has 0 fully saturated rings. The number of benzene rings is 1. The average molecular weight is 371 g/mol. The summed E-state index contributed by atoms with van der Waals surface area (Å²) < 4.78 is 31.2. The lowest BCUT2D eigenvalue weighted by Crippen LogP contribution is -2.42. The third kappa shape index (κ3) is 6.89. The molecule has 0 radical (unpaired) electrons. The van der Waals surface area contributed by atoms with Gasteiger partial charge in [-0.1, -0.05) is 17.7 Å². The molecule has 138 valence electrons. The lowest BCUT2D eigenvalue weighted by molar-refractivity contribution is -0.149. The predicted molar refractivity (Wildman–Crippen MR) is 89.0 cm³/mol. The van der Waals surface area contributed by atoms with E-state index in [2.05, 4.69) is 15.4 Å². The first kappa shape index (κ1) is 20.6. The highest BCUT2D eigenvalue weighted by Crippen LogP contribution is 2.10. The number of carbonyl (C=O) groups is 3. The van der Waals surface area contributed by atoms with Crippen LogP contribution in [0.3, 0.4) is 0 Å². The van der Waals surface area contributed by atoms with Gasteiger partial charge in [0.05, 0.1) is 11.4 Å². The number of amides is 2. The van der Waals surface area contributed by atoms with Crippen LogP contribution >= 0.6 is 0 Å². The van der Waals surface area contributed by atoms with Crippen LogP contribution in [0.25, 0.3) is 0 Å². The van der Waals surface area contributed by atoms with Gasteiger partial charge in [-0.2, -0.15) is 4.72 Å². The zero-order chi connectivity index (χ0) is 19.0. The molecule has 0 heterocycles. The van der Waals surface area contributed by atoms with Crippen LogP contribution in [-0.2, 0) is 29.1 Å². The molecular formula is C15H21N3O6S. The lowest BCUT2D eigenvalue weighted by atomic mass is 10.2. The van der Waals surface area contributed by atoms with E-state index in [-0.39, 0.29) is 11.4 Å². The summed E-state index contributed by atoms with van der Waals surface area (Å²) in [7, 11) is -2.48. The molecule has 1 rings (SSSR count). The van der Waals surface area contributed by atoms with Crippen LogP contribution in [0, 0.1) is 6.92 Å². The number of aryl methyl sites for hydroxylation is 1. The first-order chi connectivity index (χ1) is 11.7. The van der Waals surface area contributed by atoms with Crippen LogP contribution in [0.2, 0.25) is 0 Å². The number of carbonyl (C=O) groups excluding carboxylic acids is 3. The number of hydrogen-bond donors (Lipinski definition) is 3. The van der Waals surface area contributed by atoms with Gasteiger partial charge in [0.15, 0.2) is 6.61 Å². The summed E-state index contributed by atoms with van der Waals surface area (Å²) in [6.07, 6.45) is 0. The van der Waals surface area contributed by atoms with Crippen LogP contribution in [-0.4, -0.2) is 52.4 Å². The molecule has 0 aromatic heterocycles. The fourth-order valence-corrected chi connectivity index (χ4v) is 2.84. The Kier molecular flexibility index (Phi) is 7.52. The first-order valence-corrected chi connectivity index (χ1v) is 8.87. The molecule has 2 amide bonds. The van der Waals surface area contributed by atoms with Gasteiger partial charge in [0.1, 0.15) is 6.04 Å². The SMILES string of the molecule is CNC(=O)CNC(=O)COC(=O)[C@H](C)NS(=O)(=O)c1ccc(C)cc1. The van der Waals surface area contributed by atoms with Gasteiger partial charge in [-0.05, 0) is 26.0 Å². The average Bonchev–Trinajstić information content (AvgIpc) is 2.57. The monoisotopic (exact) mass is 371 g/mol. The highest BCUT2D eigenvalue weighted by molar-refractivity contribution is 7.89. The predicted octanol–water partition coefficient (Wildman–Crippen LogP) is -0.933. The van der Waals surface area contributed by atoms with E-state index in [1.165, 1.54) is 26.1 Å². The highest BCUT2D eigenvalue weighted by Gasteiger charge is 2.23. The van der Waals surface area contributed by atoms with Crippen LogP contribution in [0.15, 0.2) is 29.2 Å². The van der Waals surface area contributed by atoms with Gasteiger partial charge in [-0.25, -0.2) is 8.42 Å². The van der Waals surface area contributed by atoms with Crippen molar-refractivity contribution in [2.75, 3.05) is 20.2 Å². The van der Waals surface area contributed by atoms with Crippen molar-refractivity contribution in [1.82, 2.24) is 15.4 Å². The van der Waals surface area contributed by atoms with E-state index >= 15 is 0 Å². The summed E-state index contributed by atoms with van der Waals surface area (Å²) in [6.45, 7) is 2.25. The topological polar surface area (TPSA) is 131 Å². The van der Waals surface area contributed by atoms with E-state index in [9.17, 15) is 22.8 Å². The van der Waals surface area contributed by atoms with Gasteiger partial charge >= 0.3 is 5.97 Å². The molecule has 1 aromatic rings. The number of nitrogens with one attached hydrogen (secondary N) is 3. The molecule has 10 heteroatoms. The van der Waals surface area contributed by atoms with E-state index in [4.69, 9.17) is 4.74 Å². The second-order valence-electron chi connectivity index (χ2n) is 5.21. The third-order valence-corrected chi connectivity index (χ3v) is 4.64. The van der Waals surface area contributed by atoms with E-state index in [1.54, 1.807) is 12.1 Å². The maximum absolute atomic E-state index is 12.2. The van der Waals surface area contributed by atoms with Gasteiger partial charge in [-0.3, -0.25) is 14.4 Å². The second kappa shape index (κ2) is 9.14. The minimum Gasteiger partial charge on any atom is -0.454 e. The van der Waals surface area contributed by atoms with Gasteiger partial charge in [0, 0.05) is 7.05 Å². The van der Waals surface area contributed by atoms with Crippen molar-refractivity contribution in [2.45, 2.75) is 24.8 Å². The van der Waals surface area contributed by atoms with E-state index in [0.717, 1.165) is 5.56 Å². The normalized spacial score (nSPS) is 12.1. The van der Waals surface area contributed by atoms with Crippen molar-refractivity contribution in [1.29, 1.82) is 0 Å². The zero-order valence-electron chi connectivity index (χ0n) is 14.2. The Morgan fingerprint density at radius 2 is 1.72 bits per heavy atom. The summed E-state index contributed by atoms with van der Waals surface area (Å²) in [5.74, 6) is -1.99. The van der Waals surface area contributed by atoms with Gasteiger partial charge in [0.25, 0.3) is 5.91 Å². The van der Waals surface area contributed by atoms with Crippen LogP contribution in [0.5, 0.6) is 0 Å². The summed E-state index contributed by atoms with van der Waals surface area (Å²) in [6, 6.07) is 4.92. The Morgan fingerprint density at radius 3 is 2.28 bits per heavy atom. The Hall–Kier alpha value is -2.46. The third-order valence-electron chi connectivity index (χ3n) is 3.09. The number of sulfonamides is 1. The van der Waals surface area contributed by atoms with Gasteiger partial charge in [-0.15, -0.1) is 0 Å². The standard InChI is InChI=1S/C15H21N3O6S/c1-10-4-6-12(7-5-10)25(22,23)18-11(2)15(21)24-9-14(20)17-8-13(19)16-3/h4-7,11,18H,8-9H2,1-3H3,(H,16,19)(H,17,20)/t11-/m0/s1. The van der Waals surface area contributed by atoms with Crippen LogP contribution < -0.4 is 15.4 Å². The van der Waals surface area contributed by atoms with Crippen molar-refractivity contribution < 1.29 is 27.5 Å². The Labute approximate surface area is 146 Å². The Bertz CT molecular complexity index is 730. The molecule has 25 heavy (non-hydrogen) atoms. The van der Waals surface area contributed by atoms with Crippen LogP contribution in [0.1, 0.15) is 12.5 Å². The molecule has 0 saturated carbocycles. The van der Waals surface area contributed by atoms with Crippen molar-refractivity contribution in [3.8, 4) is 0 Å². The molecule has 1 aromatic carbocycles. The summed E-state index contributed by atoms with van der Waals surface area (Å²) in [4.78, 5) is 34.2. The molecule has 0 bridgehead atoms. The van der Waals surface area contributed by atoms with Gasteiger partial charge < -0.3 is 15.4 Å². The van der Waals surface area contributed by atoms with Crippen LogP contribution in [0.4, 0.5) is 0 Å². The van der Waals surface area contributed by atoms with Crippen molar-refractivity contribution in [3.05, 3.63) is 29.8 Å². The summed E-state index contributed by atoms with van der Waals surface area (Å²) in [5.41, 5.74) is 0.897. The number of esters is 1. The minimum atomic E-state index is -3.89. The van der Waals surface area contributed by atoms with Crippen molar-refractivity contribution in [3.63, 3.8) is 0 Å². The fourth-order valence-electron chi connectivity index (χ4n) is 1.65. The molecule has 0 unspecified atom stereocenters. The lowest BCUT2D eigenvalue weighted by Gasteiger charge is -2.14. The molecule has 3 N–H and O–H groups in total. The number of likely N-dealkylation sites (N-methyl/N-ethyl adjacent to an activating group) is 1. The van der Waals surface area contributed by atoms with Crippen molar-refractivity contribution >= 4 is 27.8 Å². The number of rotatable bonds is 8. The smallest absolute Gasteiger partial charge is 0.324 e. The summed E-state index contributed by atoms with van der Waals surface area (Å²) >= 11 is 0. The quantitative estimate of drug-likeness (QED) is 0.506.